The van der Waals surface area contributed by atoms with Gasteiger partial charge < -0.3 is 5.32 Å². The molecule has 0 aliphatic carbocycles. The van der Waals surface area contributed by atoms with Crippen LogP contribution in [0.5, 0.6) is 0 Å². The summed E-state index contributed by atoms with van der Waals surface area (Å²) >= 11 is 0. The maximum Gasteiger partial charge on any atom is 0.251 e. The Morgan fingerprint density at radius 3 is 2.58 bits per heavy atom. The number of pyridine rings is 2. The first-order valence-corrected chi connectivity index (χ1v) is 7.69. The van der Waals surface area contributed by atoms with Crippen LogP contribution >= 0.6 is 0 Å². The Balaban J connectivity index is 1.51. The summed E-state index contributed by atoms with van der Waals surface area (Å²) in [5.74, 6) is 0.894. The molecule has 0 radical (unpaired) electrons. The van der Waals surface area contributed by atoms with E-state index in [1.807, 2.05) is 6.07 Å². The van der Waals surface area contributed by atoms with Gasteiger partial charge in [-0.3, -0.25) is 4.79 Å². The van der Waals surface area contributed by atoms with Gasteiger partial charge in [-0.15, -0.1) is 0 Å². The Kier molecular flexibility index (Phi) is 4.13. The molecule has 4 aromatic rings. The maximum absolute atomic E-state index is 12.5. The van der Waals surface area contributed by atoms with Crippen molar-refractivity contribution in [3.05, 3.63) is 73.1 Å². The van der Waals surface area contributed by atoms with Crippen LogP contribution in [0.1, 0.15) is 15.9 Å². The highest BCUT2D eigenvalue weighted by atomic mass is 16.1. The van der Waals surface area contributed by atoms with Crippen molar-refractivity contribution < 1.29 is 4.79 Å². The third kappa shape index (κ3) is 3.15. The fraction of sp³-hybridized carbons (Fsp3) is 0.0625. The molecule has 1 N–H and O–H groups in total. The summed E-state index contributed by atoms with van der Waals surface area (Å²) < 4.78 is 3.04. The minimum atomic E-state index is -0.234. The van der Waals surface area contributed by atoms with Gasteiger partial charge in [-0.05, 0) is 18.2 Å². The Bertz CT molecular complexity index is 1010. The largest absolute Gasteiger partial charge is 0.348 e. The van der Waals surface area contributed by atoms with Crippen molar-refractivity contribution in [1.29, 1.82) is 0 Å². The molecule has 0 spiro atoms. The Labute approximate surface area is 147 Å². The molecule has 0 aliphatic heterocycles. The van der Waals surface area contributed by atoms with E-state index < -0.39 is 0 Å². The van der Waals surface area contributed by atoms with Crippen LogP contribution in [0.2, 0.25) is 0 Å². The molecule has 0 aromatic carbocycles. The summed E-state index contributed by atoms with van der Waals surface area (Å²) in [7, 11) is 0. The minimum absolute atomic E-state index is 0.234. The fourth-order valence-electron chi connectivity index (χ4n) is 2.38. The number of amides is 1. The van der Waals surface area contributed by atoms with Crippen LogP contribution in [0.25, 0.3) is 11.6 Å². The number of aromatic nitrogens is 8. The molecule has 4 rings (SSSR count). The summed E-state index contributed by atoms with van der Waals surface area (Å²) in [6.45, 7) is 0.294. The van der Waals surface area contributed by atoms with E-state index in [4.69, 9.17) is 0 Å². The molecule has 4 aromatic heterocycles. The second-order valence-corrected chi connectivity index (χ2v) is 5.25. The highest BCUT2D eigenvalue weighted by Crippen LogP contribution is 2.10. The highest BCUT2D eigenvalue weighted by molar-refractivity contribution is 5.94. The van der Waals surface area contributed by atoms with Gasteiger partial charge in [-0.1, -0.05) is 6.07 Å². The Morgan fingerprint density at radius 1 is 1.00 bits per heavy atom. The zero-order chi connectivity index (χ0) is 17.8. The predicted octanol–water partition coefficient (Wildman–Crippen LogP) is 0.568. The van der Waals surface area contributed by atoms with Crippen molar-refractivity contribution >= 4 is 5.91 Å². The molecule has 128 valence electrons. The number of nitrogens with one attached hydrogen (secondary N) is 1. The van der Waals surface area contributed by atoms with Crippen LogP contribution in [0.3, 0.4) is 0 Å². The molecule has 4 heterocycles. The van der Waals surface area contributed by atoms with E-state index in [1.54, 1.807) is 41.6 Å². The van der Waals surface area contributed by atoms with Gasteiger partial charge in [0.1, 0.15) is 25.3 Å². The van der Waals surface area contributed by atoms with Gasteiger partial charge in [-0.2, -0.15) is 10.2 Å². The van der Waals surface area contributed by atoms with Crippen LogP contribution in [0.4, 0.5) is 0 Å². The molecule has 10 heteroatoms. The number of hydrogen-bond donors (Lipinski definition) is 1. The fourth-order valence-corrected chi connectivity index (χ4v) is 2.38. The van der Waals surface area contributed by atoms with Crippen molar-refractivity contribution in [3.63, 3.8) is 0 Å². The average molecular weight is 347 g/mol. The molecule has 0 aliphatic rings. The second kappa shape index (κ2) is 6.89. The predicted molar refractivity (Wildman–Crippen MR) is 89.5 cm³/mol. The first kappa shape index (κ1) is 15.6. The Morgan fingerprint density at radius 2 is 1.81 bits per heavy atom. The molecule has 0 saturated carbocycles. The average Bonchev–Trinajstić information content (AvgIpc) is 3.40. The van der Waals surface area contributed by atoms with Crippen molar-refractivity contribution in [2.45, 2.75) is 6.54 Å². The summed E-state index contributed by atoms with van der Waals surface area (Å²) in [6, 6.07) is 6.96. The zero-order valence-electron chi connectivity index (χ0n) is 13.5. The van der Waals surface area contributed by atoms with Gasteiger partial charge in [0.2, 0.25) is 0 Å². The van der Waals surface area contributed by atoms with E-state index in [2.05, 4.69) is 35.5 Å². The van der Waals surface area contributed by atoms with Crippen LogP contribution in [-0.2, 0) is 6.54 Å². The SMILES string of the molecule is O=C(NCc1cccnc1-n1cncn1)c1ccnc(-n2cncn2)c1. The topological polar surface area (TPSA) is 116 Å². The molecule has 0 fully saturated rings. The molecule has 26 heavy (non-hydrogen) atoms. The van der Waals surface area contributed by atoms with Crippen LogP contribution in [-0.4, -0.2) is 45.4 Å². The van der Waals surface area contributed by atoms with Crippen LogP contribution < -0.4 is 5.32 Å². The molecule has 1 amide bonds. The van der Waals surface area contributed by atoms with Crippen molar-refractivity contribution in [1.82, 2.24) is 44.8 Å². The van der Waals surface area contributed by atoms with Crippen LogP contribution in [0.15, 0.2) is 62.0 Å². The molecule has 0 unspecified atom stereocenters. The maximum atomic E-state index is 12.5. The molecule has 0 bridgehead atoms. The van der Waals surface area contributed by atoms with E-state index in [0.29, 0.717) is 23.7 Å². The summed E-state index contributed by atoms with van der Waals surface area (Å²) in [5, 5.41) is 11.0. The zero-order valence-corrected chi connectivity index (χ0v) is 13.5. The number of nitrogens with zero attached hydrogens (tertiary/aromatic N) is 8. The highest BCUT2D eigenvalue weighted by Gasteiger charge is 2.11. The summed E-state index contributed by atoms with van der Waals surface area (Å²) in [5.41, 5.74) is 1.29. The Hall–Kier alpha value is -3.95. The van der Waals surface area contributed by atoms with E-state index in [-0.39, 0.29) is 5.91 Å². The van der Waals surface area contributed by atoms with E-state index in [1.165, 1.54) is 23.7 Å². The minimum Gasteiger partial charge on any atom is -0.348 e. The summed E-state index contributed by atoms with van der Waals surface area (Å²) in [6.07, 6.45) is 9.12. The first-order valence-electron chi connectivity index (χ1n) is 7.69. The van der Waals surface area contributed by atoms with Gasteiger partial charge >= 0.3 is 0 Å². The van der Waals surface area contributed by atoms with Gasteiger partial charge in [0.05, 0.1) is 0 Å². The lowest BCUT2D eigenvalue weighted by atomic mass is 10.2. The van der Waals surface area contributed by atoms with Gasteiger partial charge in [0, 0.05) is 30.1 Å². The third-order valence-corrected chi connectivity index (χ3v) is 3.60. The third-order valence-electron chi connectivity index (χ3n) is 3.60. The smallest absolute Gasteiger partial charge is 0.251 e. The first-order chi connectivity index (χ1) is 12.8. The number of carbonyl (C=O) groups is 1. The lowest BCUT2D eigenvalue weighted by Crippen LogP contribution is -2.24. The normalized spacial score (nSPS) is 10.6. The summed E-state index contributed by atoms with van der Waals surface area (Å²) in [4.78, 5) is 28.8. The van der Waals surface area contributed by atoms with Crippen molar-refractivity contribution in [2.24, 2.45) is 0 Å². The molecule has 0 atom stereocenters. The van der Waals surface area contributed by atoms with E-state index >= 15 is 0 Å². The van der Waals surface area contributed by atoms with Crippen molar-refractivity contribution in [3.8, 4) is 11.6 Å². The lowest BCUT2D eigenvalue weighted by molar-refractivity contribution is 0.0950. The number of rotatable bonds is 5. The van der Waals surface area contributed by atoms with Gasteiger partial charge in [-0.25, -0.2) is 29.3 Å². The number of hydrogen-bond acceptors (Lipinski definition) is 7. The number of carbonyl (C=O) groups excluding carboxylic acids is 1. The van der Waals surface area contributed by atoms with Crippen LogP contribution in [0, 0.1) is 0 Å². The van der Waals surface area contributed by atoms with Gasteiger partial charge in [0.15, 0.2) is 11.6 Å². The second-order valence-electron chi connectivity index (χ2n) is 5.25. The standard InChI is InChI=1S/C16H13N9O/c26-16(12-3-5-19-14(6-12)24-10-17-8-22-24)21-7-13-2-1-4-20-15(13)25-11-18-9-23-25/h1-6,8-11H,7H2,(H,21,26). The lowest BCUT2D eigenvalue weighted by Gasteiger charge is -2.10. The molecule has 10 nitrogen and oxygen atoms in total. The van der Waals surface area contributed by atoms with Gasteiger partial charge in [0.25, 0.3) is 5.91 Å². The monoisotopic (exact) mass is 347 g/mol. The van der Waals surface area contributed by atoms with E-state index in [9.17, 15) is 4.79 Å². The van der Waals surface area contributed by atoms with Crippen molar-refractivity contribution in [2.75, 3.05) is 0 Å². The quantitative estimate of drug-likeness (QED) is 0.561. The molecule has 0 saturated heterocycles. The molecular formula is C16H13N9O. The van der Waals surface area contributed by atoms with E-state index in [0.717, 1.165) is 5.56 Å². The molecular weight excluding hydrogens is 334 g/mol.